The van der Waals surface area contributed by atoms with E-state index in [0.717, 1.165) is 12.8 Å². The third-order valence-corrected chi connectivity index (χ3v) is 5.44. The van der Waals surface area contributed by atoms with Gasteiger partial charge in [0.2, 0.25) is 15.8 Å². The molecule has 0 saturated carbocycles. The Kier molecular flexibility index (Phi) is 3.88. The summed E-state index contributed by atoms with van der Waals surface area (Å²) in [6.45, 7) is 0.900. The number of nitrogens with zero attached hydrogens (tertiary/aromatic N) is 3. The van der Waals surface area contributed by atoms with Crippen LogP contribution >= 0.6 is 0 Å². The fraction of sp³-hybridized carbons (Fsp3) is 0.385. The zero-order chi connectivity index (χ0) is 16.7. The summed E-state index contributed by atoms with van der Waals surface area (Å²) in [7, 11) is -3.65. The van der Waals surface area contributed by atoms with E-state index in [-0.39, 0.29) is 16.3 Å². The van der Waals surface area contributed by atoms with Crippen LogP contribution in [0.25, 0.3) is 11.4 Å². The Morgan fingerprint density at radius 1 is 1.17 bits per heavy atom. The van der Waals surface area contributed by atoms with E-state index in [2.05, 4.69) is 10.1 Å². The Balaban J connectivity index is 1.95. The molecular weight excluding hydrogens is 333 g/mol. The van der Waals surface area contributed by atoms with Crippen LogP contribution in [0.1, 0.15) is 18.7 Å². The highest BCUT2D eigenvalue weighted by Gasteiger charge is 2.35. The van der Waals surface area contributed by atoms with Gasteiger partial charge in [0.05, 0.1) is 4.90 Å². The molecule has 23 heavy (non-hydrogen) atoms. The SMILES string of the molecule is O=S(=O)(c1cccc(-c2n[nH]c(C(F)(F)F)n2)c1)N1CCCC1. The first-order valence-corrected chi connectivity index (χ1v) is 8.33. The minimum absolute atomic E-state index is 0.0234. The standard InChI is InChI=1S/C13H13F3N4O2S/c14-13(15,16)12-17-11(18-19-12)9-4-3-5-10(8-9)23(21,22)20-6-1-2-7-20/h3-5,8H,1-2,6-7H2,(H,17,18,19). The van der Waals surface area contributed by atoms with Crippen LogP contribution in [0.15, 0.2) is 29.2 Å². The number of hydrogen-bond acceptors (Lipinski definition) is 4. The van der Waals surface area contributed by atoms with E-state index in [1.54, 1.807) is 0 Å². The molecule has 1 fully saturated rings. The molecule has 0 amide bonds. The van der Waals surface area contributed by atoms with Crippen molar-refractivity contribution in [1.29, 1.82) is 0 Å². The van der Waals surface area contributed by atoms with Crippen LogP contribution in [-0.4, -0.2) is 41.0 Å². The lowest BCUT2D eigenvalue weighted by molar-refractivity contribution is -0.144. The van der Waals surface area contributed by atoms with Crippen molar-refractivity contribution in [2.75, 3.05) is 13.1 Å². The van der Waals surface area contributed by atoms with Crippen LogP contribution in [0, 0.1) is 0 Å². The lowest BCUT2D eigenvalue weighted by Crippen LogP contribution is -2.27. The van der Waals surface area contributed by atoms with Gasteiger partial charge in [-0.1, -0.05) is 12.1 Å². The van der Waals surface area contributed by atoms with Crippen molar-refractivity contribution >= 4 is 10.0 Å². The number of rotatable bonds is 3. The molecule has 124 valence electrons. The molecule has 0 spiro atoms. The second kappa shape index (κ2) is 5.60. The number of aromatic nitrogens is 3. The maximum absolute atomic E-state index is 12.6. The predicted molar refractivity (Wildman–Crippen MR) is 74.8 cm³/mol. The minimum Gasteiger partial charge on any atom is -0.255 e. The molecule has 1 N–H and O–H groups in total. The second-order valence-electron chi connectivity index (χ2n) is 5.14. The molecular formula is C13H13F3N4O2S. The van der Waals surface area contributed by atoms with Crippen LogP contribution < -0.4 is 0 Å². The van der Waals surface area contributed by atoms with Gasteiger partial charge in [0, 0.05) is 18.7 Å². The lowest BCUT2D eigenvalue weighted by Gasteiger charge is -2.15. The predicted octanol–water partition coefficient (Wildman–Crippen LogP) is 2.28. The quantitative estimate of drug-likeness (QED) is 0.925. The van der Waals surface area contributed by atoms with Gasteiger partial charge in [-0.25, -0.2) is 13.4 Å². The number of halogens is 3. The third kappa shape index (κ3) is 3.08. The number of H-pyrrole nitrogens is 1. The van der Waals surface area contributed by atoms with Gasteiger partial charge in [0.15, 0.2) is 5.82 Å². The average molecular weight is 346 g/mol. The van der Waals surface area contributed by atoms with E-state index in [9.17, 15) is 21.6 Å². The molecule has 1 aliphatic rings. The summed E-state index contributed by atoms with van der Waals surface area (Å²) in [4.78, 5) is 3.40. The fourth-order valence-corrected chi connectivity index (χ4v) is 3.95. The summed E-state index contributed by atoms with van der Waals surface area (Å²) in [5.41, 5.74) is 0.206. The highest BCUT2D eigenvalue weighted by Crippen LogP contribution is 2.29. The molecule has 0 atom stereocenters. The third-order valence-electron chi connectivity index (χ3n) is 3.55. The van der Waals surface area contributed by atoms with E-state index in [1.165, 1.54) is 28.6 Å². The normalized spacial score (nSPS) is 16.8. The Morgan fingerprint density at radius 2 is 1.87 bits per heavy atom. The number of aromatic amines is 1. The monoisotopic (exact) mass is 346 g/mol. The number of sulfonamides is 1. The fourth-order valence-electron chi connectivity index (χ4n) is 2.39. The zero-order valence-corrected chi connectivity index (χ0v) is 12.7. The van der Waals surface area contributed by atoms with Crippen LogP contribution in [0.2, 0.25) is 0 Å². The van der Waals surface area contributed by atoms with E-state index < -0.39 is 22.0 Å². The molecule has 3 rings (SSSR count). The van der Waals surface area contributed by atoms with E-state index >= 15 is 0 Å². The van der Waals surface area contributed by atoms with Crippen molar-refractivity contribution in [3.05, 3.63) is 30.1 Å². The zero-order valence-electron chi connectivity index (χ0n) is 11.8. The molecule has 0 aliphatic carbocycles. The van der Waals surface area contributed by atoms with Crippen LogP contribution in [0.4, 0.5) is 13.2 Å². The van der Waals surface area contributed by atoms with Crippen LogP contribution in [0.5, 0.6) is 0 Å². The molecule has 1 aromatic heterocycles. The van der Waals surface area contributed by atoms with Crippen molar-refractivity contribution in [3.63, 3.8) is 0 Å². The summed E-state index contributed by atoms with van der Waals surface area (Å²) in [5, 5.41) is 5.32. The Hall–Kier alpha value is -1.94. The van der Waals surface area contributed by atoms with E-state index in [1.807, 2.05) is 5.10 Å². The Morgan fingerprint density at radius 3 is 2.48 bits per heavy atom. The van der Waals surface area contributed by atoms with Crippen molar-refractivity contribution < 1.29 is 21.6 Å². The Labute approximate surface area is 130 Å². The van der Waals surface area contributed by atoms with Crippen molar-refractivity contribution in [3.8, 4) is 11.4 Å². The largest absolute Gasteiger partial charge is 0.451 e. The first-order chi connectivity index (χ1) is 10.8. The molecule has 1 aliphatic heterocycles. The van der Waals surface area contributed by atoms with Gasteiger partial charge in [-0.05, 0) is 25.0 Å². The highest BCUT2D eigenvalue weighted by atomic mass is 32.2. The second-order valence-corrected chi connectivity index (χ2v) is 7.08. The van der Waals surface area contributed by atoms with Crippen molar-refractivity contribution in [2.24, 2.45) is 0 Å². The smallest absolute Gasteiger partial charge is 0.255 e. The van der Waals surface area contributed by atoms with Crippen LogP contribution in [-0.2, 0) is 16.2 Å². The van der Waals surface area contributed by atoms with Gasteiger partial charge in [0.25, 0.3) is 0 Å². The summed E-state index contributed by atoms with van der Waals surface area (Å²) in [5.74, 6) is -1.42. The van der Waals surface area contributed by atoms with Gasteiger partial charge in [-0.2, -0.15) is 22.6 Å². The molecule has 2 heterocycles. The molecule has 0 unspecified atom stereocenters. The van der Waals surface area contributed by atoms with Gasteiger partial charge < -0.3 is 0 Å². The molecule has 1 aromatic carbocycles. The van der Waals surface area contributed by atoms with Crippen LogP contribution in [0.3, 0.4) is 0 Å². The summed E-state index contributed by atoms with van der Waals surface area (Å²) in [6.07, 6.45) is -3.03. The van der Waals surface area contributed by atoms with Gasteiger partial charge in [-0.3, -0.25) is 5.10 Å². The molecule has 6 nitrogen and oxygen atoms in total. The highest BCUT2D eigenvalue weighted by molar-refractivity contribution is 7.89. The Bertz CT molecular complexity index is 811. The van der Waals surface area contributed by atoms with Gasteiger partial charge in [0.1, 0.15) is 0 Å². The lowest BCUT2D eigenvalue weighted by atomic mass is 10.2. The summed E-state index contributed by atoms with van der Waals surface area (Å²) in [6, 6.07) is 5.62. The molecule has 1 saturated heterocycles. The van der Waals surface area contributed by atoms with Crippen molar-refractivity contribution in [2.45, 2.75) is 23.9 Å². The first kappa shape index (κ1) is 15.9. The van der Waals surface area contributed by atoms with Gasteiger partial charge >= 0.3 is 6.18 Å². The number of hydrogen-bond donors (Lipinski definition) is 1. The molecule has 0 bridgehead atoms. The summed E-state index contributed by atoms with van der Waals surface area (Å²) < 4.78 is 64.0. The van der Waals surface area contributed by atoms with E-state index in [0.29, 0.717) is 13.1 Å². The topological polar surface area (TPSA) is 79.0 Å². The maximum Gasteiger partial charge on any atom is 0.451 e. The number of benzene rings is 1. The summed E-state index contributed by atoms with van der Waals surface area (Å²) >= 11 is 0. The van der Waals surface area contributed by atoms with Gasteiger partial charge in [-0.15, -0.1) is 0 Å². The molecule has 0 radical (unpaired) electrons. The number of alkyl halides is 3. The average Bonchev–Trinajstić information content (AvgIpc) is 3.18. The molecule has 2 aromatic rings. The minimum atomic E-state index is -4.63. The maximum atomic E-state index is 12.6. The van der Waals surface area contributed by atoms with E-state index in [4.69, 9.17) is 0 Å². The molecule has 10 heteroatoms. The first-order valence-electron chi connectivity index (χ1n) is 6.89. The number of nitrogens with one attached hydrogen (secondary N) is 1. The van der Waals surface area contributed by atoms with Crippen molar-refractivity contribution in [1.82, 2.24) is 19.5 Å².